The van der Waals surface area contributed by atoms with Crippen molar-refractivity contribution in [1.29, 1.82) is 0 Å². The highest BCUT2D eigenvalue weighted by molar-refractivity contribution is 5.91. The minimum atomic E-state index is -0.0886. The quantitative estimate of drug-likeness (QED) is 0.831. The number of hydrogen-bond donors (Lipinski definition) is 2. The van der Waals surface area contributed by atoms with Crippen LogP contribution < -0.4 is 11.1 Å². The first-order chi connectivity index (χ1) is 9.30. The molecule has 0 radical (unpaired) electrons. The van der Waals surface area contributed by atoms with Crippen molar-refractivity contribution in [3.63, 3.8) is 0 Å². The van der Waals surface area contributed by atoms with Gasteiger partial charge in [-0.1, -0.05) is 46.2 Å². The van der Waals surface area contributed by atoms with Crippen LogP contribution in [-0.4, -0.2) is 11.9 Å². The number of anilines is 1. The first-order valence-electron chi connectivity index (χ1n) is 7.44. The van der Waals surface area contributed by atoms with Gasteiger partial charge in [-0.2, -0.15) is 0 Å². The first kappa shape index (κ1) is 16.7. The van der Waals surface area contributed by atoms with Crippen molar-refractivity contribution >= 4 is 11.6 Å². The van der Waals surface area contributed by atoms with E-state index in [2.05, 4.69) is 45.1 Å². The van der Waals surface area contributed by atoms with Gasteiger partial charge in [-0.25, -0.2) is 0 Å². The van der Waals surface area contributed by atoms with E-state index in [9.17, 15) is 4.79 Å². The molecule has 3 heteroatoms. The molecule has 0 aliphatic heterocycles. The van der Waals surface area contributed by atoms with Gasteiger partial charge >= 0.3 is 0 Å². The van der Waals surface area contributed by atoms with Crippen LogP contribution in [0.4, 0.5) is 5.69 Å². The maximum atomic E-state index is 11.9. The molecule has 0 aromatic heterocycles. The third kappa shape index (κ3) is 6.71. The second kappa shape index (κ2) is 7.44. The summed E-state index contributed by atoms with van der Waals surface area (Å²) in [6.07, 6.45) is 3.42. The number of carbonyl (C=O) groups excluding carboxylic acids is 1. The van der Waals surface area contributed by atoms with E-state index < -0.39 is 0 Å². The molecule has 20 heavy (non-hydrogen) atoms. The number of benzene rings is 1. The number of hydrogen-bond acceptors (Lipinski definition) is 2. The second-order valence-corrected chi connectivity index (χ2v) is 6.72. The summed E-state index contributed by atoms with van der Waals surface area (Å²) in [4.78, 5) is 11.9. The molecule has 0 saturated carbocycles. The SMILES string of the molecule is CCCc1ccc(NC(=O)CC(N)CC(C)(C)C)cc1. The van der Waals surface area contributed by atoms with Gasteiger partial charge in [0.15, 0.2) is 0 Å². The number of nitrogens with two attached hydrogens (primary N) is 1. The maximum Gasteiger partial charge on any atom is 0.225 e. The Hall–Kier alpha value is -1.35. The molecule has 0 aliphatic rings. The van der Waals surface area contributed by atoms with E-state index in [0.29, 0.717) is 6.42 Å². The number of nitrogens with one attached hydrogen (secondary N) is 1. The monoisotopic (exact) mass is 276 g/mol. The minimum Gasteiger partial charge on any atom is -0.327 e. The van der Waals surface area contributed by atoms with Crippen LogP contribution in [0.25, 0.3) is 0 Å². The Morgan fingerprint density at radius 3 is 2.35 bits per heavy atom. The van der Waals surface area contributed by atoms with Crippen molar-refractivity contribution in [3.8, 4) is 0 Å². The first-order valence-corrected chi connectivity index (χ1v) is 7.44. The van der Waals surface area contributed by atoms with Crippen LogP contribution in [0.3, 0.4) is 0 Å². The summed E-state index contributed by atoms with van der Waals surface area (Å²) in [7, 11) is 0. The number of carbonyl (C=O) groups is 1. The average molecular weight is 276 g/mol. The number of aryl methyl sites for hydroxylation is 1. The van der Waals surface area contributed by atoms with Crippen LogP contribution in [0.15, 0.2) is 24.3 Å². The Kier molecular flexibility index (Phi) is 6.21. The fourth-order valence-corrected chi connectivity index (χ4v) is 2.35. The van der Waals surface area contributed by atoms with E-state index in [1.807, 2.05) is 12.1 Å². The molecule has 3 nitrogen and oxygen atoms in total. The molecule has 0 heterocycles. The van der Waals surface area contributed by atoms with Crippen LogP contribution in [0.2, 0.25) is 0 Å². The fourth-order valence-electron chi connectivity index (χ4n) is 2.35. The lowest BCUT2D eigenvalue weighted by atomic mass is 9.87. The molecule has 3 N–H and O–H groups in total. The molecule has 0 spiro atoms. The van der Waals surface area contributed by atoms with Crippen LogP contribution in [0.5, 0.6) is 0 Å². The molecule has 0 aliphatic carbocycles. The molecule has 0 fully saturated rings. The summed E-state index contributed by atoms with van der Waals surface area (Å²) >= 11 is 0. The van der Waals surface area contributed by atoms with E-state index in [-0.39, 0.29) is 17.4 Å². The van der Waals surface area contributed by atoms with E-state index in [4.69, 9.17) is 5.73 Å². The molecule has 1 amide bonds. The van der Waals surface area contributed by atoms with E-state index in [0.717, 1.165) is 24.9 Å². The zero-order valence-electron chi connectivity index (χ0n) is 13.2. The van der Waals surface area contributed by atoms with Gasteiger partial charge in [0.2, 0.25) is 5.91 Å². The molecule has 1 rings (SSSR count). The van der Waals surface area contributed by atoms with Crippen LogP contribution in [0, 0.1) is 5.41 Å². The van der Waals surface area contributed by atoms with Crippen molar-refractivity contribution < 1.29 is 4.79 Å². The Balaban J connectivity index is 2.45. The van der Waals surface area contributed by atoms with Crippen LogP contribution in [0.1, 0.15) is 52.5 Å². The largest absolute Gasteiger partial charge is 0.327 e. The van der Waals surface area contributed by atoms with Crippen molar-refractivity contribution in [2.75, 3.05) is 5.32 Å². The van der Waals surface area contributed by atoms with Gasteiger partial charge in [0, 0.05) is 18.2 Å². The predicted molar refractivity (Wildman–Crippen MR) is 85.7 cm³/mol. The molecule has 1 aromatic rings. The molecule has 0 saturated heterocycles. The second-order valence-electron chi connectivity index (χ2n) is 6.72. The maximum absolute atomic E-state index is 11.9. The van der Waals surface area contributed by atoms with Crippen molar-refractivity contribution in [2.24, 2.45) is 11.1 Å². The normalized spacial score (nSPS) is 13.1. The van der Waals surface area contributed by atoms with Gasteiger partial charge in [-0.15, -0.1) is 0 Å². The summed E-state index contributed by atoms with van der Waals surface area (Å²) in [5.41, 5.74) is 8.32. The van der Waals surface area contributed by atoms with Gasteiger partial charge < -0.3 is 11.1 Å². The lowest BCUT2D eigenvalue weighted by Gasteiger charge is -2.22. The summed E-state index contributed by atoms with van der Waals surface area (Å²) in [6.45, 7) is 8.57. The minimum absolute atomic E-state index is 0.00927. The van der Waals surface area contributed by atoms with Crippen molar-refractivity contribution in [3.05, 3.63) is 29.8 Å². The van der Waals surface area contributed by atoms with Crippen LogP contribution in [-0.2, 0) is 11.2 Å². The third-order valence-corrected chi connectivity index (χ3v) is 3.10. The Labute approximate surface area is 122 Å². The number of rotatable bonds is 6. The summed E-state index contributed by atoms with van der Waals surface area (Å²) < 4.78 is 0. The Morgan fingerprint density at radius 2 is 1.85 bits per heavy atom. The zero-order chi connectivity index (χ0) is 15.2. The highest BCUT2D eigenvalue weighted by atomic mass is 16.1. The fraction of sp³-hybridized carbons (Fsp3) is 0.588. The molecule has 1 aromatic carbocycles. The topological polar surface area (TPSA) is 55.1 Å². The van der Waals surface area contributed by atoms with Crippen LogP contribution >= 0.6 is 0 Å². The summed E-state index contributed by atoms with van der Waals surface area (Å²) in [6, 6.07) is 7.95. The molecular weight excluding hydrogens is 248 g/mol. The van der Waals surface area contributed by atoms with Gasteiger partial charge in [0.1, 0.15) is 0 Å². The Bertz CT molecular complexity index is 418. The summed E-state index contributed by atoms with van der Waals surface area (Å²) in [5.74, 6) is -0.00927. The molecule has 1 unspecified atom stereocenters. The molecular formula is C17H28N2O. The highest BCUT2D eigenvalue weighted by Gasteiger charge is 2.18. The van der Waals surface area contributed by atoms with Crippen molar-refractivity contribution in [2.45, 2.75) is 59.4 Å². The molecule has 1 atom stereocenters. The predicted octanol–water partition coefficient (Wildman–Crippen LogP) is 3.73. The van der Waals surface area contributed by atoms with Gasteiger partial charge in [-0.05, 0) is 36.0 Å². The van der Waals surface area contributed by atoms with Gasteiger partial charge in [0.05, 0.1) is 0 Å². The van der Waals surface area contributed by atoms with E-state index >= 15 is 0 Å². The van der Waals surface area contributed by atoms with Gasteiger partial charge in [-0.3, -0.25) is 4.79 Å². The van der Waals surface area contributed by atoms with Crippen molar-refractivity contribution in [1.82, 2.24) is 0 Å². The average Bonchev–Trinajstić information content (AvgIpc) is 2.29. The third-order valence-electron chi connectivity index (χ3n) is 3.10. The lowest BCUT2D eigenvalue weighted by Crippen LogP contribution is -2.31. The van der Waals surface area contributed by atoms with Gasteiger partial charge in [0.25, 0.3) is 0 Å². The van der Waals surface area contributed by atoms with E-state index in [1.165, 1.54) is 5.56 Å². The summed E-state index contributed by atoms with van der Waals surface area (Å²) in [5, 5.41) is 2.91. The molecule has 112 valence electrons. The molecule has 0 bridgehead atoms. The Morgan fingerprint density at radius 1 is 1.25 bits per heavy atom. The number of amides is 1. The standard InChI is InChI=1S/C17H28N2O/c1-5-6-13-7-9-15(10-8-13)19-16(20)11-14(18)12-17(2,3)4/h7-10,14H,5-6,11-12,18H2,1-4H3,(H,19,20). The van der Waals surface area contributed by atoms with E-state index in [1.54, 1.807) is 0 Å². The zero-order valence-corrected chi connectivity index (χ0v) is 13.2. The smallest absolute Gasteiger partial charge is 0.225 e. The lowest BCUT2D eigenvalue weighted by molar-refractivity contribution is -0.116. The highest BCUT2D eigenvalue weighted by Crippen LogP contribution is 2.21.